The highest BCUT2D eigenvalue weighted by molar-refractivity contribution is 6.03. The van der Waals surface area contributed by atoms with Crippen molar-refractivity contribution in [1.82, 2.24) is 9.91 Å². The molecule has 34 heavy (non-hydrogen) atoms. The van der Waals surface area contributed by atoms with Crippen molar-refractivity contribution in [2.75, 3.05) is 33.4 Å². The first-order chi connectivity index (χ1) is 16.5. The molecular weight excluding hydrogens is 437 g/mol. The molecule has 8 heteroatoms. The summed E-state index contributed by atoms with van der Waals surface area (Å²) < 4.78 is 25.3. The number of hydrogen-bond acceptors (Lipinski definition) is 6. The maximum Gasteiger partial charge on any atom is 0.310 e. The van der Waals surface area contributed by atoms with Crippen molar-refractivity contribution in [3.63, 3.8) is 0 Å². The SMILES string of the molecule is CCOC(=O)[C@@H]1CCCN(CC(=O)N2N=C(c3ccccc3F)C[C@H]2c2ccccc2OC)C1. The topological polar surface area (TPSA) is 71.4 Å². The fourth-order valence-corrected chi connectivity index (χ4v) is 4.70. The van der Waals surface area contributed by atoms with Crippen LogP contribution < -0.4 is 4.74 Å². The minimum Gasteiger partial charge on any atom is -0.496 e. The van der Waals surface area contributed by atoms with Crippen LogP contribution in [0.1, 0.15) is 43.4 Å². The second-order valence-electron chi connectivity index (χ2n) is 8.55. The number of carbonyl (C=O) groups excluding carboxylic acids is 2. The number of esters is 1. The van der Waals surface area contributed by atoms with Crippen LogP contribution in [0.3, 0.4) is 0 Å². The molecule has 2 aromatic carbocycles. The van der Waals surface area contributed by atoms with Crippen molar-refractivity contribution in [2.24, 2.45) is 11.0 Å². The summed E-state index contributed by atoms with van der Waals surface area (Å²) in [4.78, 5) is 27.7. The van der Waals surface area contributed by atoms with Crippen LogP contribution in [0.2, 0.25) is 0 Å². The lowest BCUT2D eigenvalue weighted by atomic mass is 9.97. The van der Waals surface area contributed by atoms with E-state index in [1.165, 1.54) is 11.1 Å². The molecular formula is C26H30FN3O4. The van der Waals surface area contributed by atoms with E-state index >= 15 is 0 Å². The van der Waals surface area contributed by atoms with Gasteiger partial charge in [-0.05, 0) is 38.4 Å². The van der Waals surface area contributed by atoms with Crippen molar-refractivity contribution in [3.05, 3.63) is 65.5 Å². The maximum atomic E-state index is 14.5. The van der Waals surface area contributed by atoms with Gasteiger partial charge in [0.1, 0.15) is 11.6 Å². The standard InChI is InChI=1S/C26H30FN3O4/c1-3-34-26(32)18-9-8-14-29(16-18)17-25(31)30-23(20-11-5-7-13-24(20)33-2)15-22(28-30)19-10-4-6-12-21(19)27/h4-7,10-13,18,23H,3,8-9,14-17H2,1-2H3/t18-,23+/m1/s1. The minimum atomic E-state index is -0.413. The van der Waals surface area contributed by atoms with E-state index in [0.29, 0.717) is 36.6 Å². The Kier molecular flexibility index (Phi) is 7.57. The summed E-state index contributed by atoms with van der Waals surface area (Å²) in [6, 6.07) is 13.5. The molecule has 1 amide bonds. The van der Waals surface area contributed by atoms with E-state index in [1.54, 1.807) is 32.2 Å². The Balaban J connectivity index is 1.58. The Morgan fingerprint density at radius 3 is 2.68 bits per heavy atom. The summed E-state index contributed by atoms with van der Waals surface area (Å²) >= 11 is 0. The third-order valence-electron chi connectivity index (χ3n) is 6.33. The van der Waals surface area contributed by atoms with Crippen LogP contribution in [-0.2, 0) is 14.3 Å². The molecule has 1 fully saturated rings. The monoisotopic (exact) mass is 467 g/mol. The van der Waals surface area contributed by atoms with E-state index in [4.69, 9.17) is 9.47 Å². The second-order valence-corrected chi connectivity index (χ2v) is 8.55. The molecule has 0 spiro atoms. The van der Waals surface area contributed by atoms with Gasteiger partial charge in [-0.15, -0.1) is 0 Å². The number of halogens is 1. The summed E-state index contributed by atoms with van der Waals surface area (Å²) in [5, 5.41) is 6.04. The number of rotatable bonds is 7. The molecule has 0 N–H and O–H groups in total. The van der Waals surface area contributed by atoms with E-state index in [9.17, 15) is 14.0 Å². The van der Waals surface area contributed by atoms with Gasteiger partial charge >= 0.3 is 5.97 Å². The zero-order chi connectivity index (χ0) is 24.1. The Labute approximate surface area is 199 Å². The third-order valence-corrected chi connectivity index (χ3v) is 6.33. The van der Waals surface area contributed by atoms with Gasteiger partial charge in [0.05, 0.1) is 37.9 Å². The lowest BCUT2D eigenvalue weighted by Gasteiger charge is -2.32. The van der Waals surface area contributed by atoms with Crippen molar-refractivity contribution in [1.29, 1.82) is 0 Å². The van der Waals surface area contributed by atoms with E-state index in [1.807, 2.05) is 29.2 Å². The molecule has 1 saturated heterocycles. The van der Waals surface area contributed by atoms with E-state index in [2.05, 4.69) is 5.10 Å². The molecule has 0 aromatic heterocycles. The number of amides is 1. The zero-order valence-corrected chi connectivity index (χ0v) is 19.6. The highest BCUT2D eigenvalue weighted by atomic mass is 19.1. The Morgan fingerprint density at radius 2 is 1.91 bits per heavy atom. The fraction of sp³-hybridized carbons (Fsp3) is 0.423. The van der Waals surface area contributed by atoms with Crippen molar-refractivity contribution >= 4 is 17.6 Å². The van der Waals surface area contributed by atoms with Crippen molar-refractivity contribution in [3.8, 4) is 5.75 Å². The lowest BCUT2D eigenvalue weighted by Crippen LogP contribution is -2.44. The van der Waals surface area contributed by atoms with Gasteiger partial charge in [-0.3, -0.25) is 14.5 Å². The molecule has 2 aliphatic heterocycles. The molecule has 180 valence electrons. The molecule has 4 rings (SSSR count). The molecule has 2 heterocycles. The first kappa shape index (κ1) is 23.9. The Hall–Kier alpha value is -3.26. The molecule has 0 radical (unpaired) electrons. The Bertz CT molecular complexity index is 1070. The first-order valence-corrected chi connectivity index (χ1v) is 11.7. The number of hydrogen-bond donors (Lipinski definition) is 0. The number of nitrogens with zero attached hydrogens (tertiary/aromatic N) is 3. The average molecular weight is 468 g/mol. The first-order valence-electron chi connectivity index (χ1n) is 11.7. The van der Waals surface area contributed by atoms with E-state index in [0.717, 1.165) is 24.9 Å². The van der Waals surface area contributed by atoms with Crippen LogP contribution in [0.4, 0.5) is 4.39 Å². The molecule has 2 aromatic rings. The van der Waals surface area contributed by atoms with Gasteiger partial charge in [-0.1, -0.05) is 36.4 Å². The third kappa shape index (κ3) is 5.12. The molecule has 0 unspecified atom stereocenters. The fourth-order valence-electron chi connectivity index (χ4n) is 4.70. The summed E-state index contributed by atoms with van der Waals surface area (Å²) in [6.07, 6.45) is 1.95. The summed E-state index contributed by atoms with van der Waals surface area (Å²) in [6.45, 7) is 3.45. The smallest absolute Gasteiger partial charge is 0.310 e. The number of carbonyl (C=O) groups is 2. The van der Waals surface area contributed by atoms with E-state index < -0.39 is 6.04 Å². The average Bonchev–Trinajstić information content (AvgIpc) is 3.30. The van der Waals surface area contributed by atoms with Gasteiger partial charge in [-0.25, -0.2) is 9.40 Å². The van der Waals surface area contributed by atoms with Gasteiger partial charge < -0.3 is 9.47 Å². The summed E-state index contributed by atoms with van der Waals surface area (Å²) in [7, 11) is 1.59. The quantitative estimate of drug-likeness (QED) is 0.580. The maximum absolute atomic E-state index is 14.5. The second kappa shape index (κ2) is 10.8. The molecule has 0 bridgehead atoms. The number of likely N-dealkylation sites (tertiary alicyclic amines) is 1. The molecule has 0 aliphatic carbocycles. The normalized spacial score (nSPS) is 20.7. The van der Waals surface area contributed by atoms with Gasteiger partial charge in [0.25, 0.3) is 5.91 Å². The highest BCUT2D eigenvalue weighted by Crippen LogP contribution is 2.38. The van der Waals surface area contributed by atoms with Crippen LogP contribution in [0.5, 0.6) is 5.75 Å². The van der Waals surface area contributed by atoms with Gasteiger partial charge in [-0.2, -0.15) is 5.10 Å². The number of piperidine rings is 1. The van der Waals surface area contributed by atoms with Crippen molar-refractivity contribution < 1.29 is 23.5 Å². The molecule has 7 nitrogen and oxygen atoms in total. The Morgan fingerprint density at radius 1 is 1.15 bits per heavy atom. The number of methoxy groups -OCH3 is 1. The predicted octanol–water partition coefficient (Wildman–Crippen LogP) is 3.79. The van der Waals surface area contributed by atoms with Crippen molar-refractivity contribution in [2.45, 2.75) is 32.2 Å². The largest absolute Gasteiger partial charge is 0.496 e. The molecule has 2 atom stereocenters. The van der Waals surface area contributed by atoms with E-state index in [-0.39, 0.29) is 30.2 Å². The number of para-hydroxylation sites is 1. The summed E-state index contributed by atoms with van der Waals surface area (Å²) in [5.41, 5.74) is 1.72. The number of ether oxygens (including phenoxy) is 2. The van der Waals surface area contributed by atoms with Crippen LogP contribution >= 0.6 is 0 Å². The predicted molar refractivity (Wildman–Crippen MR) is 126 cm³/mol. The number of hydrazone groups is 1. The van der Waals surface area contributed by atoms with Gasteiger partial charge in [0.2, 0.25) is 0 Å². The molecule has 2 aliphatic rings. The van der Waals surface area contributed by atoms with Gasteiger partial charge in [0.15, 0.2) is 0 Å². The summed E-state index contributed by atoms with van der Waals surface area (Å²) in [5.74, 6) is -0.375. The lowest BCUT2D eigenvalue weighted by molar-refractivity contribution is -0.150. The molecule has 0 saturated carbocycles. The van der Waals surface area contributed by atoms with Crippen LogP contribution in [0.15, 0.2) is 53.6 Å². The number of benzene rings is 2. The van der Waals surface area contributed by atoms with Gasteiger partial charge in [0, 0.05) is 24.1 Å². The zero-order valence-electron chi connectivity index (χ0n) is 19.6. The van der Waals surface area contributed by atoms with Crippen LogP contribution in [0, 0.1) is 11.7 Å². The minimum absolute atomic E-state index is 0.121. The van der Waals surface area contributed by atoms with Crippen LogP contribution in [-0.4, -0.2) is 60.8 Å². The van der Waals surface area contributed by atoms with Crippen LogP contribution in [0.25, 0.3) is 0 Å². The highest BCUT2D eigenvalue weighted by Gasteiger charge is 2.37.